The van der Waals surface area contributed by atoms with Gasteiger partial charge >= 0.3 is 11.8 Å². The highest BCUT2D eigenvalue weighted by Gasteiger charge is 2.29. The van der Waals surface area contributed by atoms with Crippen LogP contribution < -0.4 is 10.2 Å². The Bertz CT molecular complexity index is 1190. The molecular formula is C30H49N7O7. The third kappa shape index (κ3) is 12.8. The summed E-state index contributed by atoms with van der Waals surface area (Å²) in [5.74, 6) is 0.599. The predicted molar refractivity (Wildman–Crippen MR) is 173 cm³/mol. The second-order valence-corrected chi connectivity index (χ2v) is 10.7. The molecule has 0 radical (unpaired) electrons. The van der Waals surface area contributed by atoms with Gasteiger partial charge in [-0.3, -0.25) is 20.3 Å². The van der Waals surface area contributed by atoms with Gasteiger partial charge in [-0.2, -0.15) is 0 Å². The third-order valence-electron chi connectivity index (χ3n) is 5.53. The molecule has 0 atom stereocenters. The molecule has 0 aliphatic carbocycles. The summed E-state index contributed by atoms with van der Waals surface area (Å²) in [5.41, 5.74) is 0.649. The lowest BCUT2D eigenvalue weighted by atomic mass is 10.1. The molecule has 2 aromatic rings. The SMILES string of the molecule is CC.CN(C)/C=C/c1nc(-c2ccc(NC(=O)OC(C)(C)C)cc2)nc(N2CCOCC2)c1[N+](=O)[O-].COC(OC)N(C)C. The van der Waals surface area contributed by atoms with Crippen LogP contribution in [0.3, 0.4) is 0 Å². The summed E-state index contributed by atoms with van der Waals surface area (Å²) >= 11 is 0. The Morgan fingerprint density at radius 3 is 2.07 bits per heavy atom. The zero-order valence-electron chi connectivity index (χ0n) is 27.9. The number of aromatic nitrogens is 2. The number of nitrogens with zero attached hydrogens (tertiary/aromatic N) is 6. The van der Waals surface area contributed by atoms with E-state index in [2.05, 4.69) is 15.3 Å². The Morgan fingerprint density at radius 1 is 1.07 bits per heavy atom. The van der Waals surface area contributed by atoms with Crippen molar-refractivity contribution in [3.8, 4) is 11.4 Å². The Hall–Kier alpha value is -3.85. The molecule has 0 bridgehead atoms. The van der Waals surface area contributed by atoms with Crippen molar-refractivity contribution in [2.24, 2.45) is 0 Å². The Balaban J connectivity index is 0.000000840. The molecule has 14 nitrogen and oxygen atoms in total. The highest BCUT2D eigenvalue weighted by atomic mass is 16.7. The molecule has 2 heterocycles. The lowest BCUT2D eigenvalue weighted by molar-refractivity contribution is -0.384. The number of nitro groups is 1. The van der Waals surface area contributed by atoms with Crippen molar-refractivity contribution in [3.05, 3.63) is 46.3 Å². The molecule has 246 valence electrons. The Kier molecular flexibility index (Phi) is 16.3. The smallest absolute Gasteiger partial charge is 0.412 e. The Morgan fingerprint density at radius 2 is 1.64 bits per heavy atom. The molecule has 1 amide bonds. The van der Waals surface area contributed by atoms with E-state index in [1.807, 2.05) is 51.8 Å². The van der Waals surface area contributed by atoms with Crippen LogP contribution in [0.25, 0.3) is 17.5 Å². The summed E-state index contributed by atoms with van der Waals surface area (Å²) in [6.07, 6.45) is 2.54. The number of anilines is 2. The molecule has 1 aliphatic heterocycles. The number of amides is 1. The fourth-order valence-electron chi connectivity index (χ4n) is 3.74. The van der Waals surface area contributed by atoms with Crippen LogP contribution in [0.15, 0.2) is 30.5 Å². The molecule has 1 aromatic heterocycles. The first-order valence-electron chi connectivity index (χ1n) is 14.3. The minimum atomic E-state index is -0.608. The van der Waals surface area contributed by atoms with Crippen LogP contribution in [-0.2, 0) is 18.9 Å². The second-order valence-electron chi connectivity index (χ2n) is 10.7. The normalized spacial score (nSPS) is 13.2. The average Bonchev–Trinajstić information content (AvgIpc) is 2.97. The van der Waals surface area contributed by atoms with Crippen molar-refractivity contribution in [1.29, 1.82) is 0 Å². The topological polar surface area (TPSA) is 145 Å². The van der Waals surface area contributed by atoms with E-state index in [9.17, 15) is 14.9 Å². The maximum atomic E-state index is 12.0. The number of carbonyl (C=O) groups is 1. The number of rotatable bonds is 9. The number of hydrogen-bond acceptors (Lipinski definition) is 12. The summed E-state index contributed by atoms with van der Waals surface area (Å²) in [6, 6.07) is 6.90. The maximum Gasteiger partial charge on any atom is 0.412 e. The molecule has 1 fully saturated rings. The highest BCUT2D eigenvalue weighted by molar-refractivity contribution is 5.85. The van der Waals surface area contributed by atoms with E-state index in [1.54, 1.807) is 76.4 Å². The fraction of sp³-hybridized carbons (Fsp3) is 0.567. The molecule has 0 unspecified atom stereocenters. The fourth-order valence-corrected chi connectivity index (χ4v) is 3.74. The van der Waals surface area contributed by atoms with Gasteiger partial charge in [0.1, 0.15) is 11.3 Å². The van der Waals surface area contributed by atoms with Gasteiger partial charge in [-0.25, -0.2) is 14.8 Å². The molecule has 3 rings (SSSR count). The molecule has 1 aliphatic rings. The highest BCUT2D eigenvalue weighted by Crippen LogP contribution is 2.33. The van der Waals surface area contributed by atoms with Gasteiger partial charge < -0.3 is 28.7 Å². The number of carbonyl (C=O) groups excluding carboxylic acids is 1. The van der Waals surface area contributed by atoms with Gasteiger partial charge in [0.25, 0.3) is 0 Å². The summed E-state index contributed by atoms with van der Waals surface area (Å²) in [6.45, 7) is 11.3. The van der Waals surface area contributed by atoms with Crippen LogP contribution in [0.5, 0.6) is 0 Å². The minimum Gasteiger partial charge on any atom is -0.444 e. The van der Waals surface area contributed by atoms with Crippen LogP contribution in [0.2, 0.25) is 0 Å². The first-order chi connectivity index (χ1) is 20.7. The first kappa shape index (κ1) is 38.2. The average molecular weight is 620 g/mol. The van der Waals surface area contributed by atoms with Gasteiger partial charge in [-0.15, -0.1) is 0 Å². The summed E-state index contributed by atoms with van der Waals surface area (Å²) in [7, 11) is 10.6. The van der Waals surface area contributed by atoms with Crippen LogP contribution in [0.4, 0.5) is 22.0 Å². The molecule has 1 saturated heterocycles. The van der Waals surface area contributed by atoms with E-state index >= 15 is 0 Å². The van der Waals surface area contributed by atoms with Crippen molar-refractivity contribution >= 4 is 29.4 Å². The number of benzene rings is 1. The van der Waals surface area contributed by atoms with E-state index < -0.39 is 16.6 Å². The van der Waals surface area contributed by atoms with Crippen LogP contribution >= 0.6 is 0 Å². The van der Waals surface area contributed by atoms with Gasteiger partial charge in [0.2, 0.25) is 12.2 Å². The van der Waals surface area contributed by atoms with E-state index in [4.69, 9.17) is 18.9 Å². The number of nitrogens with one attached hydrogen (secondary N) is 1. The first-order valence-corrected chi connectivity index (χ1v) is 14.3. The molecule has 1 N–H and O–H groups in total. The number of ether oxygens (including phenoxy) is 4. The van der Waals surface area contributed by atoms with Crippen molar-refractivity contribution in [1.82, 2.24) is 19.8 Å². The standard InChI is InChI=1S/C23H30N6O5.C5H13NO2.C2H6/c1-23(2,3)34-22(30)24-17-8-6-16(7-9-17)20-25-18(10-11-27(4)5)19(29(31)32)21(26-20)28-12-14-33-15-13-28;1-6(2)5(7-3)8-4;1-2/h6-11H,12-15H2,1-5H3,(H,24,30);5H,1-4H3;1-2H3/b11-10+;;. The van der Waals surface area contributed by atoms with Gasteiger partial charge in [0, 0.05) is 58.9 Å². The lowest BCUT2D eigenvalue weighted by Gasteiger charge is -2.27. The predicted octanol–water partition coefficient (Wildman–Crippen LogP) is 4.92. The lowest BCUT2D eigenvalue weighted by Crippen LogP contribution is -2.37. The minimum absolute atomic E-state index is 0.146. The second kappa shape index (κ2) is 18.7. The van der Waals surface area contributed by atoms with Crippen LogP contribution in [0, 0.1) is 10.1 Å². The van der Waals surface area contributed by atoms with E-state index in [-0.39, 0.29) is 23.6 Å². The summed E-state index contributed by atoms with van der Waals surface area (Å²) < 4.78 is 20.4. The number of methoxy groups -OCH3 is 2. The molecule has 0 saturated carbocycles. The molecular weight excluding hydrogens is 570 g/mol. The number of hydrogen-bond donors (Lipinski definition) is 1. The summed E-state index contributed by atoms with van der Waals surface area (Å²) in [4.78, 5) is 38.1. The van der Waals surface area contributed by atoms with Crippen molar-refractivity contribution in [3.63, 3.8) is 0 Å². The van der Waals surface area contributed by atoms with Crippen molar-refractivity contribution in [2.75, 3.05) is 78.9 Å². The van der Waals surface area contributed by atoms with Crippen LogP contribution in [-0.4, -0.2) is 112 Å². The van der Waals surface area contributed by atoms with E-state index in [1.165, 1.54) is 0 Å². The van der Waals surface area contributed by atoms with E-state index in [0.29, 0.717) is 43.4 Å². The quantitative estimate of drug-likeness (QED) is 0.231. The number of morpholine rings is 1. The summed E-state index contributed by atoms with van der Waals surface area (Å²) in [5, 5.41) is 14.7. The third-order valence-corrected chi connectivity index (χ3v) is 5.53. The van der Waals surface area contributed by atoms with Gasteiger partial charge in [-0.1, -0.05) is 13.8 Å². The zero-order chi connectivity index (χ0) is 33.4. The molecule has 0 spiro atoms. The van der Waals surface area contributed by atoms with Crippen molar-refractivity contribution < 1.29 is 28.7 Å². The monoisotopic (exact) mass is 619 g/mol. The van der Waals surface area contributed by atoms with E-state index in [0.717, 1.165) is 0 Å². The Labute approximate surface area is 261 Å². The van der Waals surface area contributed by atoms with Gasteiger partial charge in [-0.05, 0) is 65.2 Å². The largest absolute Gasteiger partial charge is 0.444 e. The zero-order valence-corrected chi connectivity index (χ0v) is 27.9. The van der Waals surface area contributed by atoms with Gasteiger partial charge in [0.05, 0.1) is 18.1 Å². The molecule has 14 heteroatoms. The van der Waals surface area contributed by atoms with Crippen LogP contribution in [0.1, 0.15) is 40.3 Å². The maximum absolute atomic E-state index is 12.0. The molecule has 44 heavy (non-hydrogen) atoms. The van der Waals surface area contributed by atoms with Gasteiger partial charge in [0.15, 0.2) is 5.82 Å². The molecule has 1 aromatic carbocycles. The van der Waals surface area contributed by atoms with Crippen molar-refractivity contribution in [2.45, 2.75) is 46.6 Å².